The SMILES string of the molecule is C#CCOC(=O)C1(C(C)C)C=C(C(C)C)CC(C(C)C)=C1. The molecule has 21 heavy (non-hydrogen) atoms. The van der Waals surface area contributed by atoms with Gasteiger partial charge in [-0.05, 0) is 24.2 Å². The van der Waals surface area contributed by atoms with E-state index in [4.69, 9.17) is 11.2 Å². The fourth-order valence-corrected chi connectivity index (χ4v) is 2.65. The molecule has 0 aromatic carbocycles. The molecule has 2 nitrogen and oxygen atoms in total. The van der Waals surface area contributed by atoms with E-state index >= 15 is 0 Å². The third-order valence-corrected chi connectivity index (χ3v) is 4.34. The third kappa shape index (κ3) is 3.79. The van der Waals surface area contributed by atoms with E-state index in [1.807, 2.05) is 0 Å². The van der Waals surface area contributed by atoms with Crippen LogP contribution in [0.4, 0.5) is 0 Å². The van der Waals surface area contributed by atoms with E-state index in [0.29, 0.717) is 11.8 Å². The molecule has 0 aromatic heterocycles. The van der Waals surface area contributed by atoms with Gasteiger partial charge in [0.1, 0.15) is 5.41 Å². The second kappa shape index (κ2) is 6.98. The van der Waals surface area contributed by atoms with E-state index in [2.05, 4.69) is 59.6 Å². The van der Waals surface area contributed by atoms with Crippen molar-refractivity contribution in [3.05, 3.63) is 23.3 Å². The van der Waals surface area contributed by atoms with Crippen molar-refractivity contribution in [2.45, 2.75) is 48.0 Å². The molecule has 0 N–H and O–H groups in total. The average molecular weight is 288 g/mol. The molecule has 1 aliphatic rings. The number of ether oxygens (including phenoxy) is 1. The molecular formula is C19H28O2. The molecule has 0 fully saturated rings. The highest BCUT2D eigenvalue weighted by Gasteiger charge is 2.42. The van der Waals surface area contributed by atoms with Gasteiger partial charge in [-0.15, -0.1) is 6.42 Å². The first-order chi connectivity index (χ1) is 9.74. The lowest BCUT2D eigenvalue weighted by Gasteiger charge is -2.36. The maximum absolute atomic E-state index is 12.6. The van der Waals surface area contributed by atoms with Gasteiger partial charge in [0, 0.05) is 0 Å². The minimum absolute atomic E-state index is 0.0308. The topological polar surface area (TPSA) is 26.3 Å². The summed E-state index contributed by atoms with van der Waals surface area (Å²) in [6.07, 6.45) is 10.4. The van der Waals surface area contributed by atoms with Gasteiger partial charge >= 0.3 is 5.97 Å². The Bertz CT molecular complexity index is 460. The first-order valence-electron chi connectivity index (χ1n) is 7.78. The molecule has 2 heteroatoms. The minimum atomic E-state index is -0.686. The molecule has 0 aromatic rings. The predicted octanol–water partition coefficient (Wildman–Crippen LogP) is 4.37. The van der Waals surface area contributed by atoms with Crippen LogP contribution in [0.1, 0.15) is 48.0 Å². The zero-order chi connectivity index (χ0) is 16.2. The summed E-state index contributed by atoms with van der Waals surface area (Å²) in [6.45, 7) is 12.8. The van der Waals surface area contributed by atoms with Gasteiger partial charge in [-0.1, -0.05) is 70.8 Å². The summed E-state index contributed by atoms with van der Waals surface area (Å²) >= 11 is 0. The van der Waals surface area contributed by atoms with Gasteiger partial charge in [0.2, 0.25) is 0 Å². The van der Waals surface area contributed by atoms with Crippen LogP contribution < -0.4 is 0 Å². The molecule has 0 saturated heterocycles. The van der Waals surface area contributed by atoms with E-state index in [1.165, 1.54) is 11.1 Å². The molecule has 0 unspecified atom stereocenters. The summed E-state index contributed by atoms with van der Waals surface area (Å²) < 4.78 is 5.29. The summed E-state index contributed by atoms with van der Waals surface area (Å²) in [4.78, 5) is 12.6. The van der Waals surface area contributed by atoms with E-state index in [-0.39, 0.29) is 18.5 Å². The molecule has 116 valence electrons. The lowest BCUT2D eigenvalue weighted by atomic mass is 9.68. The van der Waals surface area contributed by atoms with Crippen LogP contribution >= 0.6 is 0 Å². The molecule has 1 aliphatic carbocycles. The Hall–Kier alpha value is -1.49. The number of carbonyl (C=O) groups excluding carboxylic acids is 1. The Balaban J connectivity index is 3.33. The highest BCUT2D eigenvalue weighted by Crippen LogP contribution is 2.43. The molecule has 1 rings (SSSR count). The van der Waals surface area contributed by atoms with Crippen LogP contribution in [0.25, 0.3) is 0 Å². The molecule has 0 amide bonds. The van der Waals surface area contributed by atoms with Crippen LogP contribution in [0.5, 0.6) is 0 Å². The summed E-state index contributed by atoms with van der Waals surface area (Å²) in [5.74, 6) is 3.12. The molecular weight excluding hydrogens is 260 g/mol. The van der Waals surface area contributed by atoms with E-state index in [9.17, 15) is 4.79 Å². The van der Waals surface area contributed by atoms with Crippen LogP contribution in [0.3, 0.4) is 0 Å². The number of carbonyl (C=O) groups is 1. The summed E-state index contributed by atoms with van der Waals surface area (Å²) in [5, 5.41) is 0. The maximum atomic E-state index is 12.6. The first kappa shape index (κ1) is 17.6. The average Bonchev–Trinajstić information content (AvgIpc) is 2.43. The second-order valence-corrected chi connectivity index (χ2v) is 6.79. The van der Waals surface area contributed by atoms with Gasteiger partial charge in [0.05, 0.1) is 0 Å². The monoisotopic (exact) mass is 288 g/mol. The highest BCUT2D eigenvalue weighted by molar-refractivity contribution is 5.83. The predicted molar refractivity (Wildman–Crippen MR) is 87.5 cm³/mol. The number of terminal acetylenes is 1. The van der Waals surface area contributed by atoms with Crippen LogP contribution in [-0.2, 0) is 9.53 Å². The van der Waals surface area contributed by atoms with E-state index < -0.39 is 5.41 Å². The molecule has 0 bridgehead atoms. The number of allylic oxidation sites excluding steroid dienone is 2. The van der Waals surface area contributed by atoms with Crippen molar-refractivity contribution in [1.29, 1.82) is 0 Å². The van der Waals surface area contributed by atoms with E-state index in [1.54, 1.807) is 0 Å². The van der Waals surface area contributed by atoms with Crippen LogP contribution in [-0.4, -0.2) is 12.6 Å². The van der Waals surface area contributed by atoms with Gasteiger partial charge in [-0.2, -0.15) is 0 Å². The largest absolute Gasteiger partial charge is 0.452 e. The van der Waals surface area contributed by atoms with Gasteiger partial charge in [0.25, 0.3) is 0 Å². The fraction of sp³-hybridized carbons (Fsp3) is 0.632. The summed E-state index contributed by atoms with van der Waals surface area (Å²) in [7, 11) is 0. The van der Waals surface area contributed by atoms with Crippen LogP contribution in [0, 0.1) is 35.5 Å². The number of rotatable bonds is 5. The molecule has 0 atom stereocenters. The zero-order valence-electron chi connectivity index (χ0n) is 14.2. The zero-order valence-corrected chi connectivity index (χ0v) is 14.2. The van der Waals surface area contributed by atoms with Crippen molar-refractivity contribution < 1.29 is 9.53 Å². The standard InChI is InChI=1S/C19H28O2/c1-8-9-21-18(20)19(15(6)7)11-16(13(2)3)10-17(12-19)14(4)5/h1,11-15H,9-10H2,2-7H3. The van der Waals surface area contributed by atoms with Gasteiger partial charge in [-0.25, -0.2) is 0 Å². The first-order valence-corrected chi connectivity index (χ1v) is 7.78. The molecule has 0 heterocycles. The lowest BCUT2D eigenvalue weighted by molar-refractivity contribution is -0.151. The third-order valence-electron chi connectivity index (χ3n) is 4.34. The summed E-state index contributed by atoms with van der Waals surface area (Å²) in [6, 6.07) is 0. The lowest BCUT2D eigenvalue weighted by Crippen LogP contribution is -2.37. The van der Waals surface area contributed by atoms with Crippen molar-refractivity contribution in [3.8, 4) is 12.3 Å². The molecule has 0 radical (unpaired) electrons. The molecule has 0 spiro atoms. The van der Waals surface area contributed by atoms with Crippen molar-refractivity contribution in [2.75, 3.05) is 6.61 Å². The Labute approximate surface area is 129 Å². The minimum Gasteiger partial charge on any atom is -0.452 e. The Morgan fingerprint density at radius 3 is 2.00 bits per heavy atom. The van der Waals surface area contributed by atoms with E-state index in [0.717, 1.165) is 6.42 Å². The van der Waals surface area contributed by atoms with Crippen LogP contribution in [0.2, 0.25) is 0 Å². The normalized spacial score (nSPS) is 17.5. The fourth-order valence-electron chi connectivity index (χ4n) is 2.65. The molecule has 0 saturated carbocycles. The van der Waals surface area contributed by atoms with Gasteiger partial charge in [-0.3, -0.25) is 4.79 Å². The Morgan fingerprint density at radius 2 is 1.67 bits per heavy atom. The van der Waals surface area contributed by atoms with Gasteiger partial charge in [0.15, 0.2) is 6.61 Å². The second-order valence-electron chi connectivity index (χ2n) is 6.79. The molecule has 0 aliphatic heterocycles. The number of esters is 1. The van der Waals surface area contributed by atoms with Crippen LogP contribution in [0.15, 0.2) is 23.3 Å². The number of hydrogen-bond donors (Lipinski definition) is 0. The summed E-state index contributed by atoms with van der Waals surface area (Å²) in [5.41, 5.74) is 1.94. The highest BCUT2D eigenvalue weighted by atomic mass is 16.5. The quantitative estimate of drug-likeness (QED) is 0.426. The smallest absolute Gasteiger partial charge is 0.321 e. The van der Waals surface area contributed by atoms with Crippen molar-refractivity contribution >= 4 is 5.97 Å². The van der Waals surface area contributed by atoms with Crippen molar-refractivity contribution in [1.82, 2.24) is 0 Å². The maximum Gasteiger partial charge on any atom is 0.321 e. The van der Waals surface area contributed by atoms with Gasteiger partial charge < -0.3 is 4.74 Å². The van der Waals surface area contributed by atoms with Crippen molar-refractivity contribution in [3.63, 3.8) is 0 Å². The van der Waals surface area contributed by atoms with Crippen molar-refractivity contribution in [2.24, 2.45) is 23.2 Å². The number of hydrogen-bond acceptors (Lipinski definition) is 2. The Kier molecular flexibility index (Phi) is 5.84. The Morgan fingerprint density at radius 1 is 1.19 bits per heavy atom.